The fourth-order valence-electron chi connectivity index (χ4n) is 3.41. The van der Waals surface area contributed by atoms with Crippen LogP contribution in [0.2, 0.25) is 0 Å². The molecule has 0 saturated heterocycles. The minimum atomic E-state index is -0.674. The van der Waals surface area contributed by atoms with E-state index in [4.69, 9.17) is 0 Å². The maximum atomic E-state index is 11.3. The summed E-state index contributed by atoms with van der Waals surface area (Å²) < 4.78 is 0. The van der Waals surface area contributed by atoms with Crippen LogP contribution in [0, 0.1) is 0 Å². The van der Waals surface area contributed by atoms with Gasteiger partial charge in [-0.3, -0.25) is 4.79 Å². The molecular formula is C18H26O2. The highest BCUT2D eigenvalue weighted by Gasteiger charge is 2.36. The molecule has 0 bridgehead atoms. The van der Waals surface area contributed by atoms with Gasteiger partial charge < -0.3 is 5.11 Å². The fraction of sp³-hybridized carbons (Fsp3) is 0.611. The molecule has 2 heteroatoms. The zero-order valence-corrected chi connectivity index (χ0v) is 12.9. The minimum Gasteiger partial charge on any atom is -0.481 e. The topological polar surface area (TPSA) is 37.3 Å². The Morgan fingerprint density at radius 2 is 1.65 bits per heavy atom. The third-order valence-corrected chi connectivity index (χ3v) is 4.66. The van der Waals surface area contributed by atoms with Gasteiger partial charge in [0.1, 0.15) is 0 Å². The van der Waals surface area contributed by atoms with E-state index in [0.29, 0.717) is 0 Å². The quantitative estimate of drug-likeness (QED) is 0.870. The first-order chi connectivity index (χ1) is 9.33. The van der Waals surface area contributed by atoms with Crippen LogP contribution < -0.4 is 0 Å². The Morgan fingerprint density at radius 1 is 1.10 bits per heavy atom. The van der Waals surface area contributed by atoms with Crippen LogP contribution in [0.1, 0.15) is 70.4 Å². The van der Waals surface area contributed by atoms with E-state index in [9.17, 15) is 9.90 Å². The van der Waals surface area contributed by atoms with Gasteiger partial charge in [-0.15, -0.1) is 0 Å². The Balaban J connectivity index is 2.31. The van der Waals surface area contributed by atoms with Crippen molar-refractivity contribution in [2.75, 3.05) is 0 Å². The molecule has 0 unspecified atom stereocenters. The molecule has 0 spiro atoms. The second kappa shape index (κ2) is 5.59. The summed E-state index contributed by atoms with van der Waals surface area (Å²) in [6, 6.07) is 8.67. The van der Waals surface area contributed by atoms with Crippen molar-refractivity contribution in [2.24, 2.45) is 0 Å². The summed E-state index contributed by atoms with van der Waals surface area (Å²) in [4.78, 5) is 11.3. The number of carboxylic acids is 1. The van der Waals surface area contributed by atoms with Gasteiger partial charge in [-0.05, 0) is 29.4 Å². The molecule has 1 aliphatic carbocycles. The Hall–Kier alpha value is -1.31. The number of aliphatic carboxylic acids is 1. The van der Waals surface area contributed by atoms with E-state index in [1.807, 2.05) is 0 Å². The van der Waals surface area contributed by atoms with E-state index in [2.05, 4.69) is 45.0 Å². The van der Waals surface area contributed by atoms with Crippen LogP contribution in [0.4, 0.5) is 0 Å². The Kier molecular flexibility index (Phi) is 4.22. The van der Waals surface area contributed by atoms with Crippen LogP contribution in [0.3, 0.4) is 0 Å². The van der Waals surface area contributed by atoms with Crippen molar-refractivity contribution in [3.05, 3.63) is 35.4 Å². The molecule has 1 N–H and O–H groups in total. The van der Waals surface area contributed by atoms with E-state index in [1.54, 1.807) is 0 Å². The third-order valence-electron chi connectivity index (χ3n) is 4.66. The molecule has 1 aromatic rings. The normalized spacial score (nSPS) is 18.8. The lowest BCUT2D eigenvalue weighted by atomic mass is 9.67. The molecule has 1 saturated carbocycles. The van der Waals surface area contributed by atoms with E-state index < -0.39 is 5.97 Å². The summed E-state index contributed by atoms with van der Waals surface area (Å²) in [6.45, 7) is 6.61. The van der Waals surface area contributed by atoms with Gasteiger partial charge in [0, 0.05) is 5.41 Å². The zero-order chi connectivity index (χ0) is 14.8. The molecule has 1 aliphatic rings. The van der Waals surface area contributed by atoms with Crippen LogP contribution in [-0.2, 0) is 15.6 Å². The molecule has 110 valence electrons. The first-order valence-corrected chi connectivity index (χ1v) is 7.66. The van der Waals surface area contributed by atoms with Crippen molar-refractivity contribution in [2.45, 2.75) is 70.1 Å². The molecule has 0 atom stereocenters. The predicted molar refractivity (Wildman–Crippen MR) is 82.2 cm³/mol. The second-order valence-corrected chi connectivity index (χ2v) is 7.24. The summed E-state index contributed by atoms with van der Waals surface area (Å²) >= 11 is 0. The highest BCUT2D eigenvalue weighted by atomic mass is 16.4. The molecule has 20 heavy (non-hydrogen) atoms. The number of hydrogen-bond acceptors (Lipinski definition) is 1. The van der Waals surface area contributed by atoms with Crippen LogP contribution in [0.5, 0.6) is 0 Å². The fourth-order valence-corrected chi connectivity index (χ4v) is 3.41. The molecule has 2 rings (SSSR count). The minimum absolute atomic E-state index is 0.138. The average molecular weight is 274 g/mol. The van der Waals surface area contributed by atoms with Crippen LogP contribution >= 0.6 is 0 Å². The molecule has 0 aliphatic heterocycles. The number of benzene rings is 1. The number of carbonyl (C=O) groups is 1. The molecule has 1 aromatic carbocycles. The number of carboxylic acid groups (broad SMARTS) is 1. The summed E-state index contributed by atoms with van der Waals surface area (Å²) in [5.74, 6) is -0.674. The van der Waals surface area contributed by atoms with Crippen LogP contribution in [0.15, 0.2) is 24.3 Å². The Labute approximate surface area is 122 Å². The van der Waals surface area contributed by atoms with E-state index in [-0.39, 0.29) is 17.3 Å². The number of hydrogen-bond donors (Lipinski definition) is 1. The summed E-state index contributed by atoms with van der Waals surface area (Å²) in [5.41, 5.74) is 2.53. The van der Waals surface area contributed by atoms with Gasteiger partial charge in [-0.25, -0.2) is 0 Å². The molecular weight excluding hydrogens is 248 g/mol. The van der Waals surface area contributed by atoms with Gasteiger partial charge in [-0.2, -0.15) is 0 Å². The SMILES string of the molecule is CC(C)(C)c1ccc(C2(CC(=O)O)CCCCC2)cc1. The van der Waals surface area contributed by atoms with E-state index in [1.165, 1.54) is 17.5 Å². The number of rotatable bonds is 3. The lowest BCUT2D eigenvalue weighted by Gasteiger charge is -2.37. The predicted octanol–water partition coefficient (Wildman–Crippen LogP) is 4.66. The third kappa shape index (κ3) is 3.23. The highest BCUT2D eigenvalue weighted by Crippen LogP contribution is 2.42. The van der Waals surface area contributed by atoms with E-state index >= 15 is 0 Å². The Morgan fingerprint density at radius 3 is 2.10 bits per heavy atom. The maximum Gasteiger partial charge on any atom is 0.304 e. The second-order valence-electron chi connectivity index (χ2n) is 7.24. The molecule has 0 amide bonds. The largest absolute Gasteiger partial charge is 0.481 e. The monoisotopic (exact) mass is 274 g/mol. The summed E-state index contributed by atoms with van der Waals surface area (Å²) in [5, 5.41) is 9.28. The van der Waals surface area contributed by atoms with Crippen molar-refractivity contribution in [1.29, 1.82) is 0 Å². The van der Waals surface area contributed by atoms with Crippen molar-refractivity contribution in [3.63, 3.8) is 0 Å². The van der Waals surface area contributed by atoms with E-state index in [0.717, 1.165) is 25.7 Å². The molecule has 0 radical (unpaired) electrons. The van der Waals surface area contributed by atoms with Gasteiger partial charge in [-0.1, -0.05) is 64.3 Å². The van der Waals surface area contributed by atoms with Crippen molar-refractivity contribution < 1.29 is 9.90 Å². The first-order valence-electron chi connectivity index (χ1n) is 7.66. The summed E-state index contributed by atoms with van der Waals surface area (Å²) in [7, 11) is 0. The molecule has 0 aromatic heterocycles. The molecule has 1 fully saturated rings. The maximum absolute atomic E-state index is 11.3. The average Bonchev–Trinajstić information content (AvgIpc) is 2.38. The zero-order valence-electron chi connectivity index (χ0n) is 12.9. The van der Waals surface area contributed by atoms with Gasteiger partial charge in [0.25, 0.3) is 0 Å². The standard InChI is InChI=1S/C18H26O2/c1-17(2,3)14-7-9-15(10-8-14)18(13-16(19)20)11-5-4-6-12-18/h7-10H,4-6,11-13H2,1-3H3,(H,19,20). The molecule has 0 heterocycles. The smallest absolute Gasteiger partial charge is 0.304 e. The highest BCUT2D eigenvalue weighted by molar-refractivity contribution is 5.69. The van der Waals surface area contributed by atoms with Crippen molar-refractivity contribution in [1.82, 2.24) is 0 Å². The summed E-state index contributed by atoms with van der Waals surface area (Å²) in [6.07, 6.45) is 5.81. The van der Waals surface area contributed by atoms with Crippen LogP contribution in [0.25, 0.3) is 0 Å². The van der Waals surface area contributed by atoms with Crippen molar-refractivity contribution >= 4 is 5.97 Å². The van der Waals surface area contributed by atoms with Crippen LogP contribution in [-0.4, -0.2) is 11.1 Å². The first kappa shape index (κ1) is 15.1. The van der Waals surface area contributed by atoms with Gasteiger partial charge in [0.05, 0.1) is 6.42 Å². The Bertz CT molecular complexity index is 459. The van der Waals surface area contributed by atoms with Gasteiger partial charge in [0.2, 0.25) is 0 Å². The van der Waals surface area contributed by atoms with Gasteiger partial charge >= 0.3 is 5.97 Å². The molecule has 2 nitrogen and oxygen atoms in total. The van der Waals surface area contributed by atoms with Gasteiger partial charge in [0.15, 0.2) is 0 Å². The van der Waals surface area contributed by atoms with Crippen molar-refractivity contribution in [3.8, 4) is 0 Å². The lowest BCUT2D eigenvalue weighted by molar-refractivity contribution is -0.138. The lowest BCUT2D eigenvalue weighted by Crippen LogP contribution is -2.32.